The highest BCUT2D eigenvalue weighted by Gasteiger charge is 2.22. The molecular formula is C26H28O7. The summed E-state index contributed by atoms with van der Waals surface area (Å²) in [6, 6.07) is 7.61. The van der Waals surface area contributed by atoms with E-state index in [-0.39, 0.29) is 0 Å². The summed E-state index contributed by atoms with van der Waals surface area (Å²) in [4.78, 5) is 0. The number of ether oxygens (including phenoxy) is 5. The van der Waals surface area contributed by atoms with Crippen LogP contribution in [-0.2, 0) is 0 Å². The van der Waals surface area contributed by atoms with Gasteiger partial charge in [-0.05, 0) is 61.7 Å². The Morgan fingerprint density at radius 1 is 0.515 bits per heavy atom. The lowest BCUT2D eigenvalue weighted by Gasteiger charge is -2.17. The third-order valence-corrected chi connectivity index (χ3v) is 5.70. The molecule has 0 fully saturated rings. The van der Waals surface area contributed by atoms with E-state index < -0.39 is 0 Å². The van der Waals surface area contributed by atoms with Gasteiger partial charge < -0.3 is 32.5 Å². The summed E-state index contributed by atoms with van der Waals surface area (Å²) in [7, 11) is 7.96. The van der Waals surface area contributed by atoms with E-state index in [0.29, 0.717) is 51.1 Å². The summed E-state index contributed by atoms with van der Waals surface area (Å²) in [5, 5.41) is 1.61. The van der Waals surface area contributed by atoms with Gasteiger partial charge in [0.1, 0.15) is 0 Å². The molecule has 0 aliphatic carbocycles. The van der Waals surface area contributed by atoms with Gasteiger partial charge in [0, 0.05) is 10.8 Å². The molecule has 1 heterocycles. The SMILES string of the molecule is COc1cc(C)c2c(oc3cc(C)cc(OC)c3oc3c(OC)c(OC)cc(C)c32)c1OC. The molecule has 0 spiro atoms. The van der Waals surface area contributed by atoms with Gasteiger partial charge in [0.25, 0.3) is 0 Å². The molecule has 0 saturated heterocycles. The molecular weight excluding hydrogens is 424 g/mol. The highest BCUT2D eigenvalue weighted by Crippen LogP contribution is 2.46. The van der Waals surface area contributed by atoms with Crippen LogP contribution in [0.3, 0.4) is 0 Å². The molecule has 0 amide bonds. The first-order valence-electron chi connectivity index (χ1n) is 10.4. The molecule has 0 N–H and O–H groups in total. The van der Waals surface area contributed by atoms with Crippen LogP contribution in [0.1, 0.15) is 16.7 Å². The first-order valence-corrected chi connectivity index (χ1v) is 10.4. The van der Waals surface area contributed by atoms with Crippen molar-refractivity contribution >= 4 is 33.1 Å². The molecule has 0 bridgehead atoms. The smallest absolute Gasteiger partial charge is 0.211 e. The van der Waals surface area contributed by atoms with E-state index in [9.17, 15) is 0 Å². The molecule has 4 rings (SSSR count). The van der Waals surface area contributed by atoms with Crippen LogP contribution in [0.5, 0.6) is 28.7 Å². The fraction of sp³-hybridized carbons (Fsp3) is 0.308. The third kappa shape index (κ3) is 3.53. The minimum atomic E-state index is 0.420. The van der Waals surface area contributed by atoms with Crippen molar-refractivity contribution in [2.24, 2.45) is 0 Å². The quantitative estimate of drug-likeness (QED) is 0.346. The highest BCUT2D eigenvalue weighted by atomic mass is 16.5. The Morgan fingerprint density at radius 2 is 1.00 bits per heavy atom. The molecule has 3 aromatic carbocycles. The number of hydrogen-bond acceptors (Lipinski definition) is 7. The van der Waals surface area contributed by atoms with Crippen molar-refractivity contribution in [1.82, 2.24) is 0 Å². The highest BCUT2D eigenvalue weighted by molar-refractivity contribution is 6.10. The van der Waals surface area contributed by atoms with Crippen LogP contribution in [-0.4, -0.2) is 35.5 Å². The number of rotatable bonds is 5. The normalized spacial score (nSPS) is 11.0. The van der Waals surface area contributed by atoms with Crippen LogP contribution in [0.25, 0.3) is 33.1 Å². The Hall–Kier alpha value is -3.74. The maximum Gasteiger partial charge on any atom is 0.211 e. The van der Waals surface area contributed by atoms with E-state index in [1.54, 1.807) is 35.5 Å². The summed E-state index contributed by atoms with van der Waals surface area (Å²) in [6.45, 7) is 5.93. The number of fused-ring (bicyclic) bond motifs is 4. The van der Waals surface area contributed by atoms with Crippen molar-refractivity contribution in [3.63, 3.8) is 0 Å². The predicted molar refractivity (Wildman–Crippen MR) is 128 cm³/mol. The number of benzene rings is 3. The van der Waals surface area contributed by atoms with E-state index in [1.807, 2.05) is 45.0 Å². The minimum Gasteiger partial charge on any atom is -0.493 e. The van der Waals surface area contributed by atoms with Crippen LogP contribution in [0.15, 0.2) is 33.1 Å². The fourth-order valence-corrected chi connectivity index (χ4v) is 4.23. The third-order valence-electron chi connectivity index (χ3n) is 5.70. The lowest BCUT2D eigenvalue weighted by atomic mass is 10.0. The largest absolute Gasteiger partial charge is 0.493 e. The standard InChI is InChI=1S/C26H28O7/c1-13-9-16(27-4)22-19(10-13)32-25-20(14(2)11-17(28-5)23(25)30-7)21-15(3)12-18(29-6)24(31-8)26(21)33-22/h9-12H,1-8H3. The van der Waals surface area contributed by atoms with Crippen LogP contribution < -0.4 is 23.7 Å². The van der Waals surface area contributed by atoms with E-state index in [1.165, 1.54) is 0 Å². The lowest BCUT2D eigenvalue weighted by molar-refractivity contribution is 0.352. The number of methoxy groups -OCH3 is 5. The van der Waals surface area contributed by atoms with Gasteiger partial charge in [0.2, 0.25) is 17.1 Å². The van der Waals surface area contributed by atoms with Crippen molar-refractivity contribution < 1.29 is 32.5 Å². The molecule has 0 aliphatic heterocycles. The molecule has 33 heavy (non-hydrogen) atoms. The van der Waals surface area contributed by atoms with Crippen LogP contribution >= 0.6 is 0 Å². The van der Waals surface area contributed by atoms with Gasteiger partial charge in [0.05, 0.1) is 35.5 Å². The zero-order valence-corrected chi connectivity index (χ0v) is 20.2. The van der Waals surface area contributed by atoms with E-state index in [2.05, 4.69) is 0 Å². The van der Waals surface area contributed by atoms with Gasteiger partial charge in [-0.1, -0.05) is 0 Å². The summed E-state index contributed by atoms with van der Waals surface area (Å²) in [5.74, 6) is 2.60. The molecule has 0 aliphatic rings. The summed E-state index contributed by atoms with van der Waals surface area (Å²) >= 11 is 0. The monoisotopic (exact) mass is 452 g/mol. The number of aryl methyl sites for hydroxylation is 3. The second-order valence-electron chi connectivity index (χ2n) is 7.76. The maximum atomic E-state index is 6.52. The first kappa shape index (κ1) is 22.5. The molecule has 174 valence electrons. The van der Waals surface area contributed by atoms with Crippen molar-refractivity contribution in [3.8, 4) is 28.7 Å². The van der Waals surface area contributed by atoms with Crippen molar-refractivity contribution in [2.75, 3.05) is 35.5 Å². The van der Waals surface area contributed by atoms with Crippen LogP contribution in [0.2, 0.25) is 0 Å². The Labute approximate surface area is 192 Å². The Kier molecular flexibility index (Phi) is 5.89. The Morgan fingerprint density at radius 3 is 1.45 bits per heavy atom. The lowest BCUT2D eigenvalue weighted by Crippen LogP contribution is -1.97. The molecule has 0 radical (unpaired) electrons. The van der Waals surface area contributed by atoms with Gasteiger partial charge in [-0.2, -0.15) is 0 Å². The molecule has 0 unspecified atom stereocenters. The average Bonchev–Trinajstić information content (AvgIpc) is 2.79. The Bertz CT molecular complexity index is 1420. The predicted octanol–water partition coefficient (Wildman–Crippen LogP) is 6.42. The van der Waals surface area contributed by atoms with Gasteiger partial charge in [-0.25, -0.2) is 0 Å². The van der Waals surface area contributed by atoms with E-state index >= 15 is 0 Å². The molecule has 0 atom stereocenters. The van der Waals surface area contributed by atoms with Crippen LogP contribution in [0.4, 0.5) is 0 Å². The molecule has 0 saturated carbocycles. The van der Waals surface area contributed by atoms with Crippen molar-refractivity contribution in [3.05, 3.63) is 41.0 Å². The summed E-state index contributed by atoms with van der Waals surface area (Å²) < 4.78 is 41.4. The first-order chi connectivity index (χ1) is 15.9. The van der Waals surface area contributed by atoms with Gasteiger partial charge in [-0.15, -0.1) is 0 Å². The molecule has 4 aromatic rings. The summed E-state index contributed by atoms with van der Waals surface area (Å²) in [6.07, 6.45) is 0. The second-order valence-corrected chi connectivity index (χ2v) is 7.76. The fourth-order valence-electron chi connectivity index (χ4n) is 4.23. The summed E-state index contributed by atoms with van der Waals surface area (Å²) in [5.41, 5.74) is 4.70. The topological polar surface area (TPSA) is 72.4 Å². The Balaban J connectivity index is 2.49. The minimum absolute atomic E-state index is 0.420. The van der Waals surface area contributed by atoms with Gasteiger partial charge in [-0.3, -0.25) is 0 Å². The average molecular weight is 453 g/mol. The van der Waals surface area contributed by atoms with Crippen LogP contribution in [0, 0.1) is 20.8 Å². The van der Waals surface area contributed by atoms with Crippen molar-refractivity contribution in [2.45, 2.75) is 20.8 Å². The van der Waals surface area contributed by atoms with Gasteiger partial charge in [0.15, 0.2) is 34.0 Å². The number of hydrogen-bond donors (Lipinski definition) is 0. The molecule has 7 heteroatoms. The maximum absolute atomic E-state index is 6.52. The molecule has 7 nitrogen and oxygen atoms in total. The van der Waals surface area contributed by atoms with E-state index in [0.717, 1.165) is 27.5 Å². The zero-order valence-electron chi connectivity index (χ0n) is 20.2. The van der Waals surface area contributed by atoms with Gasteiger partial charge >= 0.3 is 0 Å². The zero-order chi connectivity index (χ0) is 23.9. The molecule has 1 aromatic heterocycles. The van der Waals surface area contributed by atoms with Crippen molar-refractivity contribution in [1.29, 1.82) is 0 Å². The second kappa shape index (κ2) is 8.65. The van der Waals surface area contributed by atoms with E-state index in [4.69, 9.17) is 32.5 Å².